The molecule has 1 aromatic carbocycles. The maximum Gasteiger partial charge on any atom is 0.327 e. The maximum atomic E-state index is 12.8. The van der Waals surface area contributed by atoms with E-state index < -0.39 is 35.6 Å². The van der Waals surface area contributed by atoms with Crippen LogP contribution >= 0.6 is 0 Å². The molecule has 0 spiro atoms. The summed E-state index contributed by atoms with van der Waals surface area (Å²) in [6, 6.07) is 3.51. The molecular weight excluding hydrogens is 356 g/mol. The van der Waals surface area contributed by atoms with Crippen LogP contribution in [-0.4, -0.2) is 52.3 Å². The first-order valence-corrected chi connectivity index (χ1v) is 8.27. The van der Waals surface area contributed by atoms with Crippen molar-refractivity contribution >= 4 is 29.6 Å². The summed E-state index contributed by atoms with van der Waals surface area (Å²) in [5.74, 6) is -3.27. The predicted molar refractivity (Wildman–Crippen MR) is 90.0 cm³/mol. The lowest BCUT2D eigenvalue weighted by atomic mass is 10.0. The maximum absolute atomic E-state index is 12.8. The van der Waals surface area contributed by atoms with Crippen molar-refractivity contribution in [2.45, 2.75) is 25.3 Å². The Bertz CT molecular complexity index is 874. The molecule has 1 atom stereocenters. The van der Waals surface area contributed by atoms with Gasteiger partial charge in [-0.2, -0.15) is 0 Å². The number of ether oxygens (including phenoxy) is 1. The number of nitrogens with zero attached hydrogens (tertiary/aromatic N) is 1. The van der Waals surface area contributed by atoms with Gasteiger partial charge in [-0.25, -0.2) is 4.79 Å². The summed E-state index contributed by atoms with van der Waals surface area (Å²) in [5, 5.41) is 10.7. The third-order valence-electron chi connectivity index (χ3n) is 4.23. The molecule has 9 heteroatoms. The van der Waals surface area contributed by atoms with Crippen molar-refractivity contribution in [3.05, 3.63) is 41.5 Å². The fourth-order valence-electron chi connectivity index (χ4n) is 3.03. The van der Waals surface area contributed by atoms with E-state index in [2.05, 4.69) is 5.32 Å². The summed E-state index contributed by atoms with van der Waals surface area (Å²) in [5.41, 5.74) is 0.192. The molecule has 0 aromatic heterocycles. The molecule has 0 saturated carbocycles. The van der Waals surface area contributed by atoms with Gasteiger partial charge in [0.1, 0.15) is 11.8 Å². The zero-order chi connectivity index (χ0) is 19.6. The zero-order valence-electron chi connectivity index (χ0n) is 14.1. The summed E-state index contributed by atoms with van der Waals surface area (Å²) in [6.07, 6.45) is 2.82. The summed E-state index contributed by atoms with van der Waals surface area (Å²) in [7, 11) is 0. The minimum Gasteiger partial charge on any atom is -0.492 e. The highest BCUT2D eigenvalue weighted by Crippen LogP contribution is 2.33. The van der Waals surface area contributed by atoms with E-state index in [0.717, 1.165) is 11.0 Å². The molecule has 1 saturated heterocycles. The number of carbonyl (C=O) groups is 5. The molecule has 27 heavy (non-hydrogen) atoms. The van der Waals surface area contributed by atoms with Gasteiger partial charge in [-0.3, -0.25) is 29.4 Å². The van der Waals surface area contributed by atoms with E-state index in [0.29, 0.717) is 6.42 Å². The zero-order valence-corrected chi connectivity index (χ0v) is 14.1. The second kappa shape index (κ2) is 7.40. The summed E-state index contributed by atoms with van der Waals surface area (Å²) in [4.78, 5) is 60.1. The molecule has 0 aliphatic carbocycles. The molecular formula is C18H16N2O7. The minimum atomic E-state index is -1.07. The van der Waals surface area contributed by atoms with Gasteiger partial charge in [0.2, 0.25) is 11.8 Å². The van der Waals surface area contributed by atoms with E-state index in [1.54, 1.807) is 6.07 Å². The van der Waals surface area contributed by atoms with Crippen LogP contribution in [0.25, 0.3) is 0 Å². The Morgan fingerprint density at radius 1 is 1.26 bits per heavy atom. The molecule has 1 fully saturated rings. The van der Waals surface area contributed by atoms with E-state index in [1.165, 1.54) is 18.2 Å². The van der Waals surface area contributed by atoms with Gasteiger partial charge in [-0.1, -0.05) is 12.1 Å². The third kappa shape index (κ3) is 3.57. The number of benzene rings is 1. The fraction of sp³-hybridized carbons (Fsp3) is 0.278. The van der Waals surface area contributed by atoms with Gasteiger partial charge >= 0.3 is 5.97 Å². The number of hydrogen-bond donors (Lipinski definition) is 2. The second-order valence-corrected chi connectivity index (χ2v) is 6.00. The number of aliphatic carboxylic acids is 1. The number of rotatable bonds is 6. The number of nitrogens with one attached hydrogen (secondary N) is 1. The second-order valence-electron chi connectivity index (χ2n) is 6.00. The van der Waals surface area contributed by atoms with Crippen LogP contribution in [-0.2, 0) is 14.4 Å². The van der Waals surface area contributed by atoms with E-state index in [9.17, 15) is 24.0 Å². The number of amides is 4. The molecule has 3 rings (SSSR count). The van der Waals surface area contributed by atoms with Crippen LogP contribution in [0.3, 0.4) is 0 Å². The number of carboxylic acid groups (broad SMARTS) is 1. The Labute approximate surface area is 153 Å². The normalized spacial score (nSPS) is 19.4. The molecule has 9 nitrogen and oxygen atoms in total. The first-order chi connectivity index (χ1) is 12.9. The van der Waals surface area contributed by atoms with E-state index in [1.807, 2.05) is 0 Å². The van der Waals surface area contributed by atoms with Crippen LogP contribution in [0.2, 0.25) is 0 Å². The number of fused-ring (bicyclic) bond motifs is 1. The average molecular weight is 372 g/mol. The SMILES string of the molecule is O=C(O)C=CCCOc1cccc2c1C(=O)N(C1CCC(=O)NC1=O)C2=O. The molecule has 0 bridgehead atoms. The smallest absolute Gasteiger partial charge is 0.327 e. The van der Waals surface area contributed by atoms with Crippen molar-refractivity contribution in [2.75, 3.05) is 6.61 Å². The molecule has 0 radical (unpaired) electrons. The van der Waals surface area contributed by atoms with E-state index in [-0.39, 0.29) is 36.3 Å². The Kier molecular flexibility index (Phi) is 5.02. The van der Waals surface area contributed by atoms with Gasteiger partial charge in [-0.15, -0.1) is 0 Å². The Morgan fingerprint density at radius 3 is 2.74 bits per heavy atom. The van der Waals surface area contributed by atoms with Crippen LogP contribution in [0.15, 0.2) is 30.4 Å². The highest BCUT2D eigenvalue weighted by molar-refractivity contribution is 6.24. The summed E-state index contributed by atoms with van der Waals surface area (Å²) < 4.78 is 5.53. The first-order valence-electron chi connectivity index (χ1n) is 8.27. The highest BCUT2D eigenvalue weighted by atomic mass is 16.5. The molecule has 2 aliphatic rings. The summed E-state index contributed by atoms with van der Waals surface area (Å²) in [6.45, 7) is 0.111. The number of carboxylic acids is 1. The molecule has 4 amide bonds. The van der Waals surface area contributed by atoms with Crippen molar-refractivity contribution in [1.29, 1.82) is 0 Å². The van der Waals surface area contributed by atoms with Gasteiger partial charge in [0, 0.05) is 12.5 Å². The molecule has 1 unspecified atom stereocenters. The van der Waals surface area contributed by atoms with Crippen molar-refractivity contribution in [1.82, 2.24) is 10.2 Å². The topological polar surface area (TPSA) is 130 Å². The van der Waals surface area contributed by atoms with Crippen LogP contribution in [0, 0.1) is 0 Å². The lowest BCUT2D eigenvalue weighted by Crippen LogP contribution is -2.54. The third-order valence-corrected chi connectivity index (χ3v) is 4.23. The highest BCUT2D eigenvalue weighted by Gasteiger charge is 2.45. The fourth-order valence-corrected chi connectivity index (χ4v) is 3.03. The van der Waals surface area contributed by atoms with Crippen LogP contribution in [0.5, 0.6) is 5.75 Å². The molecule has 2 heterocycles. The van der Waals surface area contributed by atoms with E-state index >= 15 is 0 Å². The van der Waals surface area contributed by atoms with Crippen LogP contribution in [0.1, 0.15) is 40.0 Å². The Balaban J connectivity index is 1.79. The van der Waals surface area contributed by atoms with Crippen molar-refractivity contribution in [3.63, 3.8) is 0 Å². The van der Waals surface area contributed by atoms with Crippen molar-refractivity contribution < 1.29 is 33.8 Å². The average Bonchev–Trinajstić information content (AvgIpc) is 2.87. The lowest BCUT2D eigenvalue weighted by Gasteiger charge is -2.27. The molecule has 2 N–H and O–H groups in total. The summed E-state index contributed by atoms with van der Waals surface area (Å²) >= 11 is 0. The van der Waals surface area contributed by atoms with Gasteiger partial charge < -0.3 is 9.84 Å². The largest absolute Gasteiger partial charge is 0.492 e. The number of piperidine rings is 1. The number of imide groups is 2. The van der Waals surface area contributed by atoms with Crippen LogP contribution in [0.4, 0.5) is 0 Å². The van der Waals surface area contributed by atoms with Crippen molar-refractivity contribution in [2.24, 2.45) is 0 Å². The lowest BCUT2D eigenvalue weighted by molar-refractivity contribution is -0.136. The predicted octanol–water partition coefficient (Wildman–Crippen LogP) is 0.497. The standard InChI is InChI=1S/C18H16N2O7/c21-13-8-7-11(16(24)19-13)20-17(25)10-4-3-5-12(15(10)18(20)26)27-9-2-1-6-14(22)23/h1,3-6,11H,2,7-9H2,(H,22,23)(H,19,21,24). The van der Waals surface area contributed by atoms with Gasteiger partial charge in [0.05, 0.1) is 17.7 Å². The number of hydrogen-bond acceptors (Lipinski definition) is 6. The van der Waals surface area contributed by atoms with Crippen LogP contribution < -0.4 is 10.1 Å². The first kappa shape index (κ1) is 18.3. The molecule has 2 aliphatic heterocycles. The minimum absolute atomic E-state index is 0.0447. The number of carbonyl (C=O) groups excluding carboxylic acids is 4. The quantitative estimate of drug-likeness (QED) is 0.422. The van der Waals surface area contributed by atoms with Crippen molar-refractivity contribution in [3.8, 4) is 5.75 Å². The van der Waals surface area contributed by atoms with Gasteiger partial charge in [0.15, 0.2) is 0 Å². The Morgan fingerprint density at radius 2 is 2.04 bits per heavy atom. The Hall–Kier alpha value is -3.49. The van der Waals surface area contributed by atoms with Gasteiger partial charge in [0.25, 0.3) is 11.8 Å². The molecule has 1 aromatic rings. The monoisotopic (exact) mass is 372 g/mol. The van der Waals surface area contributed by atoms with Gasteiger partial charge in [-0.05, 0) is 25.0 Å². The molecule has 140 valence electrons. The van der Waals surface area contributed by atoms with E-state index in [4.69, 9.17) is 9.84 Å².